The normalized spacial score (nSPS) is 28.8. The number of benzene rings is 1. The molecular formula is C14H18N2O3. The van der Waals surface area contributed by atoms with E-state index in [-0.39, 0.29) is 29.6 Å². The van der Waals surface area contributed by atoms with Crippen LogP contribution in [0.3, 0.4) is 0 Å². The van der Waals surface area contributed by atoms with Crippen molar-refractivity contribution in [3.63, 3.8) is 0 Å². The van der Waals surface area contributed by atoms with Crippen LogP contribution in [0, 0.1) is 5.92 Å². The highest BCUT2D eigenvalue weighted by atomic mass is 16.5. The van der Waals surface area contributed by atoms with Gasteiger partial charge in [-0.1, -0.05) is 12.1 Å². The van der Waals surface area contributed by atoms with Gasteiger partial charge in [0.2, 0.25) is 0 Å². The SMILES string of the molecule is COC(=O)C1c2cccc(O)c2NC2CCNCC21. The fourth-order valence-corrected chi connectivity index (χ4v) is 3.23. The Kier molecular flexibility index (Phi) is 3.06. The molecule has 19 heavy (non-hydrogen) atoms. The molecule has 102 valence electrons. The number of fused-ring (bicyclic) bond motifs is 2. The van der Waals surface area contributed by atoms with Gasteiger partial charge in [-0.05, 0) is 24.6 Å². The first-order valence-electron chi connectivity index (χ1n) is 6.59. The summed E-state index contributed by atoms with van der Waals surface area (Å²) >= 11 is 0. The molecule has 2 heterocycles. The predicted octanol–water partition coefficient (Wildman–Crippen LogP) is 1.05. The van der Waals surface area contributed by atoms with Gasteiger partial charge in [0, 0.05) is 18.5 Å². The Hall–Kier alpha value is -1.75. The Morgan fingerprint density at radius 3 is 3.11 bits per heavy atom. The van der Waals surface area contributed by atoms with E-state index in [0.717, 1.165) is 25.1 Å². The first-order valence-corrected chi connectivity index (χ1v) is 6.59. The molecule has 5 heteroatoms. The minimum absolute atomic E-state index is 0.162. The van der Waals surface area contributed by atoms with Gasteiger partial charge in [0.25, 0.3) is 0 Å². The quantitative estimate of drug-likeness (QED) is 0.521. The monoisotopic (exact) mass is 262 g/mol. The maximum atomic E-state index is 12.1. The first kappa shape index (κ1) is 12.3. The second-order valence-electron chi connectivity index (χ2n) is 5.15. The average Bonchev–Trinajstić information content (AvgIpc) is 2.45. The van der Waals surface area contributed by atoms with E-state index in [1.807, 2.05) is 6.07 Å². The maximum Gasteiger partial charge on any atom is 0.313 e. The molecule has 1 aromatic carbocycles. The van der Waals surface area contributed by atoms with E-state index in [0.29, 0.717) is 5.69 Å². The molecule has 0 spiro atoms. The molecular weight excluding hydrogens is 244 g/mol. The average molecular weight is 262 g/mol. The molecule has 1 fully saturated rings. The van der Waals surface area contributed by atoms with Crippen LogP contribution >= 0.6 is 0 Å². The first-order chi connectivity index (χ1) is 9.22. The molecule has 0 aliphatic carbocycles. The summed E-state index contributed by atoms with van der Waals surface area (Å²) in [6.45, 7) is 1.71. The van der Waals surface area contributed by atoms with Gasteiger partial charge in [-0.2, -0.15) is 0 Å². The molecule has 0 radical (unpaired) electrons. The lowest BCUT2D eigenvalue weighted by molar-refractivity contribution is -0.144. The van der Waals surface area contributed by atoms with Gasteiger partial charge in [-0.25, -0.2) is 0 Å². The number of hydrogen-bond acceptors (Lipinski definition) is 5. The number of phenolic OH excluding ortho intramolecular Hbond substituents is 1. The van der Waals surface area contributed by atoms with Gasteiger partial charge in [0.1, 0.15) is 5.75 Å². The van der Waals surface area contributed by atoms with Gasteiger partial charge in [-0.3, -0.25) is 4.79 Å². The molecule has 2 aliphatic rings. The Labute approximate surface area is 112 Å². The summed E-state index contributed by atoms with van der Waals surface area (Å²) in [4.78, 5) is 12.1. The lowest BCUT2D eigenvalue weighted by atomic mass is 9.74. The lowest BCUT2D eigenvalue weighted by Gasteiger charge is -2.42. The molecule has 0 saturated carbocycles. The van der Waals surface area contributed by atoms with Crippen molar-refractivity contribution in [2.24, 2.45) is 5.92 Å². The molecule has 1 saturated heterocycles. The molecule has 0 bridgehead atoms. The van der Waals surface area contributed by atoms with E-state index in [1.165, 1.54) is 7.11 Å². The van der Waals surface area contributed by atoms with Crippen LogP contribution in [-0.4, -0.2) is 37.3 Å². The zero-order chi connectivity index (χ0) is 13.4. The molecule has 3 rings (SSSR count). The zero-order valence-corrected chi connectivity index (χ0v) is 10.8. The second kappa shape index (κ2) is 4.74. The molecule has 3 N–H and O–H groups in total. The molecule has 1 aromatic rings. The summed E-state index contributed by atoms with van der Waals surface area (Å²) in [6.07, 6.45) is 0.936. The number of ether oxygens (including phenoxy) is 1. The largest absolute Gasteiger partial charge is 0.506 e. The number of phenols is 1. The summed E-state index contributed by atoms with van der Waals surface area (Å²) in [5.41, 5.74) is 1.51. The Balaban J connectivity index is 2.08. The van der Waals surface area contributed by atoms with Crippen molar-refractivity contribution in [1.29, 1.82) is 0 Å². The molecule has 2 aliphatic heterocycles. The van der Waals surface area contributed by atoms with Crippen LogP contribution in [0.2, 0.25) is 0 Å². The Morgan fingerprint density at radius 1 is 1.47 bits per heavy atom. The number of anilines is 1. The third-order valence-corrected chi connectivity index (χ3v) is 4.15. The van der Waals surface area contributed by atoms with Crippen LogP contribution in [-0.2, 0) is 9.53 Å². The van der Waals surface area contributed by atoms with E-state index < -0.39 is 0 Å². The highest BCUT2D eigenvalue weighted by molar-refractivity contribution is 5.84. The van der Waals surface area contributed by atoms with Crippen LogP contribution in [0.1, 0.15) is 17.9 Å². The third kappa shape index (κ3) is 1.94. The predicted molar refractivity (Wildman–Crippen MR) is 71.3 cm³/mol. The lowest BCUT2D eigenvalue weighted by Crippen LogP contribution is -2.50. The van der Waals surface area contributed by atoms with Crippen LogP contribution in [0.4, 0.5) is 5.69 Å². The highest BCUT2D eigenvalue weighted by Crippen LogP contribution is 2.44. The zero-order valence-electron chi connectivity index (χ0n) is 10.8. The second-order valence-corrected chi connectivity index (χ2v) is 5.15. The van der Waals surface area contributed by atoms with E-state index in [9.17, 15) is 9.90 Å². The van der Waals surface area contributed by atoms with E-state index in [4.69, 9.17) is 4.74 Å². The van der Waals surface area contributed by atoms with Crippen molar-refractivity contribution in [3.05, 3.63) is 23.8 Å². The highest BCUT2D eigenvalue weighted by Gasteiger charge is 2.43. The minimum Gasteiger partial charge on any atom is -0.506 e. The van der Waals surface area contributed by atoms with Crippen molar-refractivity contribution in [1.82, 2.24) is 5.32 Å². The summed E-state index contributed by atoms with van der Waals surface area (Å²) in [6, 6.07) is 5.49. The summed E-state index contributed by atoms with van der Waals surface area (Å²) in [5, 5.41) is 16.7. The number of esters is 1. The summed E-state index contributed by atoms with van der Waals surface area (Å²) < 4.78 is 4.96. The minimum atomic E-state index is -0.314. The number of para-hydroxylation sites is 1. The van der Waals surface area contributed by atoms with E-state index in [1.54, 1.807) is 12.1 Å². The Bertz CT molecular complexity index is 503. The molecule has 0 amide bonds. The summed E-state index contributed by atoms with van der Waals surface area (Å²) in [5.74, 6) is -0.183. The maximum absolute atomic E-state index is 12.1. The van der Waals surface area contributed by atoms with Gasteiger partial charge in [0.05, 0.1) is 18.7 Å². The third-order valence-electron chi connectivity index (χ3n) is 4.15. The van der Waals surface area contributed by atoms with Crippen molar-refractivity contribution in [2.75, 3.05) is 25.5 Å². The summed E-state index contributed by atoms with van der Waals surface area (Å²) in [7, 11) is 1.41. The Morgan fingerprint density at radius 2 is 2.32 bits per heavy atom. The molecule has 0 aromatic heterocycles. The topological polar surface area (TPSA) is 70.6 Å². The molecule has 5 nitrogen and oxygen atoms in total. The fraction of sp³-hybridized carbons (Fsp3) is 0.500. The van der Waals surface area contributed by atoms with Crippen LogP contribution in [0.25, 0.3) is 0 Å². The van der Waals surface area contributed by atoms with Crippen molar-refractivity contribution < 1.29 is 14.6 Å². The molecule has 3 unspecified atom stereocenters. The van der Waals surface area contributed by atoms with Gasteiger partial charge < -0.3 is 20.5 Å². The number of nitrogens with one attached hydrogen (secondary N) is 2. The van der Waals surface area contributed by atoms with Crippen LogP contribution < -0.4 is 10.6 Å². The van der Waals surface area contributed by atoms with Crippen molar-refractivity contribution in [2.45, 2.75) is 18.4 Å². The van der Waals surface area contributed by atoms with E-state index >= 15 is 0 Å². The van der Waals surface area contributed by atoms with Gasteiger partial charge in [0.15, 0.2) is 0 Å². The number of carbonyl (C=O) groups excluding carboxylic acids is 1. The van der Waals surface area contributed by atoms with Crippen molar-refractivity contribution in [3.8, 4) is 5.75 Å². The standard InChI is InChI=1S/C14H18N2O3/c1-19-14(18)12-8-3-2-4-11(17)13(8)16-10-5-6-15-7-9(10)12/h2-4,9-10,12,15-17H,5-7H2,1H3. The number of methoxy groups -OCH3 is 1. The van der Waals surface area contributed by atoms with Crippen LogP contribution in [0.5, 0.6) is 5.75 Å². The van der Waals surface area contributed by atoms with E-state index in [2.05, 4.69) is 10.6 Å². The van der Waals surface area contributed by atoms with Crippen LogP contribution in [0.15, 0.2) is 18.2 Å². The smallest absolute Gasteiger partial charge is 0.313 e. The number of piperidine rings is 1. The number of carbonyl (C=O) groups is 1. The molecule has 3 atom stereocenters. The number of hydrogen-bond donors (Lipinski definition) is 3. The number of rotatable bonds is 1. The van der Waals surface area contributed by atoms with Crippen molar-refractivity contribution >= 4 is 11.7 Å². The van der Waals surface area contributed by atoms with Gasteiger partial charge >= 0.3 is 5.97 Å². The van der Waals surface area contributed by atoms with Gasteiger partial charge in [-0.15, -0.1) is 0 Å². The number of aromatic hydroxyl groups is 1. The fourth-order valence-electron chi connectivity index (χ4n) is 3.23.